The van der Waals surface area contributed by atoms with Gasteiger partial charge in [-0.3, -0.25) is 19.2 Å². The molecule has 0 saturated carbocycles. The Morgan fingerprint density at radius 1 is 1.03 bits per heavy atom. The number of hydrogen-bond acceptors (Lipinski definition) is 5. The molecule has 29 heavy (non-hydrogen) atoms. The van der Waals surface area contributed by atoms with Gasteiger partial charge in [0.05, 0.1) is 16.9 Å². The van der Waals surface area contributed by atoms with E-state index >= 15 is 0 Å². The molecule has 0 spiro atoms. The van der Waals surface area contributed by atoms with E-state index in [1.165, 1.54) is 18.2 Å². The second kappa shape index (κ2) is 8.27. The summed E-state index contributed by atoms with van der Waals surface area (Å²) in [6.07, 6.45) is 0.947. The second-order valence-electron chi connectivity index (χ2n) is 6.50. The van der Waals surface area contributed by atoms with Crippen molar-refractivity contribution in [3.8, 4) is 0 Å². The maximum absolute atomic E-state index is 12.4. The van der Waals surface area contributed by atoms with Gasteiger partial charge in [-0.15, -0.1) is 0 Å². The molecular formula is C20H19N3O5S. The van der Waals surface area contributed by atoms with Crippen molar-refractivity contribution in [2.45, 2.75) is 6.54 Å². The molecule has 8 nitrogen and oxygen atoms in total. The third-order valence-electron chi connectivity index (χ3n) is 4.32. The molecule has 1 amide bonds. The Labute approximate surface area is 168 Å². The minimum Gasteiger partial charge on any atom is -0.350 e. The number of rotatable bonds is 7. The number of carbonyl (C=O) groups is 1. The molecule has 0 saturated heterocycles. The molecule has 3 aromatic carbocycles. The molecule has 0 bridgehead atoms. The van der Waals surface area contributed by atoms with E-state index in [-0.39, 0.29) is 17.9 Å². The summed E-state index contributed by atoms with van der Waals surface area (Å²) in [5.74, 6) is -0.518. The van der Waals surface area contributed by atoms with Gasteiger partial charge in [-0.05, 0) is 28.5 Å². The largest absolute Gasteiger partial charge is 0.350 e. The van der Waals surface area contributed by atoms with Crippen LogP contribution in [-0.2, 0) is 21.4 Å². The molecule has 0 atom stereocenters. The lowest BCUT2D eigenvalue weighted by Crippen LogP contribution is -2.40. The Bertz CT molecular complexity index is 1180. The van der Waals surface area contributed by atoms with E-state index in [9.17, 15) is 23.3 Å². The molecule has 3 rings (SSSR count). The highest BCUT2D eigenvalue weighted by molar-refractivity contribution is 7.92. The zero-order chi connectivity index (χ0) is 21.0. The maximum Gasteiger partial charge on any atom is 0.271 e. The summed E-state index contributed by atoms with van der Waals surface area (Å²) in [4.78, 5) is 22.7. The van der Waals surface area contributed by atoms with Crippen molar-refractivity contribution in [3.63, 3.8) is 0 Å². The minimum atomic E-state index is -3.82. The first kappa shape index (κ1) is 20.3. The first-order valence-electron chi connectivity index (χ1n) is 8.70. The molecule has 0 heterocycles. The number of hydrogen-bond donors (Lipinski definition) is 1. The van der Waals surface area contributed by atoms with Crippen molar-refractivity contribution in [2.75, 3.05) is 17.1 Å². The average molecular weight is 413 g/mol. The molecule has 0 aliphatic heterocycles. The molecule has 3 aromatic rings. The standard InChI is InChI=1S/C20H19N3O5S/c1-29(27,28)22(18-7-4-8-19(12-18)23(25)26)14-20(24)21-13-15-9-10-16-5-2-3-6-17(16)11-15/h2-12H,13-14H2,1H3,(H,21,24). The number of fused-ring (bicyclic) bond motifs is 1. The van der Waals surface area contributed by atoms with E-state index in [1.807, 2.05) is 42.5 Å². The topological polar surface area (TPSA) is 110 Å². The van der Waals surface area contributed by atoms with Crippen LogP contribution in [0.3, 0.4) is 0 Å². The van der Waals surface area contributed by atoms with E-state index < -0.39 is 27.4 Å². The summed E-state index contributed by atoms with van der Waals surface area (Å²) in [7, 11) is -3.82. The third kappa shape index (κ3) is 5.08. The second-order valence-corrected chi connectivity index (χ2v) is 8.41. The number of sulfonamides is 1. The van der Waals surface area contributed by atoms with Crippen molar-refractivity contribution < 1.29 is 18.1 Å². The van der Waals surface area contributed by atoms with Crippen molar-refractivity contribution in [1.29, 1.82) is 0 Å². The normalized spacial score (nSPS) is 11.2. The van der Waals surface area contributed by atoms with E-state index in [2.05, 4.69) is 5.32 Å². The monoisotopic (exact) mass is 413 g/mol. The van der Waals surface area contributed by atoms with Gasteiger partial charge in [0, 0.05) is 18.7 Å². The molecule has 1 N–H and O–H groups in total. The SMILES string of the molecule is CS(=O)(=O)N(CC(=O)NCc1ccc2ccccc2c1)c1cccc([N+](=O)[O-])c1. The van der Waals surface area contributed by atoms with Crippen LogP contribution in [-0.4, -0.2) is 32.0 Å². The van der Waals surface area contributed by atoms with Crippen LogP contribution in [0.25, 0.3) is 10.8 Å². The van der Waals surface area contributed by atoms with E-state index in [4.69, 9.17) is 0 Å². The van der Waals surface area contributed by atoms with Crippen molar-refractivity contribution in [3.05, 3.63) is 82.4 Å². The number of non-ortho nitro benzene ring substituents is 1. The van der Waals surface area contributed by atoms with Gasteiger partial charge in [0.2, 0.25) is 15.9 Å². The number of nitrogens with zero attached hydrogens (tertiary/aromatic N) is 2. The Kier molecular flexibility index (Phi) is 5.79. The zero-order valence-corrected chi connectivity index (χ0v) is 16.4. The third-order valence-corrected chi connectivity index (χ3v) is 5.46. The molecule has 0 fully saturated rings. The fraction of sp³-hybridized carbons (Fsp3) is 0.150. The Morgan fingerprint density at radius 3 is 2.45 bits per heavy atom. The Morgan fingerprint density at radius 2 is 1.76 bits per heavy atom. The molecule has 0 aromatic heterocycles. The lowest BCUT2D eigenvalue weighted by Gasteiger charge is -2.21. The molecule has 0 aliphatic carbocycles. The number of nitro benzene ring substituents is 1. The predicted octanol–water partition coefficient (Wildman–Crippen LogP) is 2.83. The van der Waals surface area contributed by atoms with Gasteiger partial charge in [-0.2, -0.15) is 0 Å². The van der Waals surface area contributed by atoms with Gasteiger partial charge >= 0.3 is 0 Å². The van der Waals surface area contributed by atoms with Gasteiger partial charge in [0.25, 0.3) is 5.69 Å². The highest BCUT2D eigenvalue weighted by Crippen LogP contribution is 2.23. The molecule has 0 radical (unpaired) electrons. The van der Waals surface area contributed by atoms with Crippen LogP contribution < -0.4 is 9.62 Å². The van der Waals surface area contributed by atoms with E-state index in [0.717, 1.165) is 33.0 Å². The summed E-state index contributed by atoms with van der Waals surface area (Å²) in [5.41, 5.74) is 0.675. The first-order chi connectivity index (χ1) is 13.7. The van der Waals surface area contributed by atoms with E-state index in [1.54, 1.807) is 0 Å². The van der Waals surface area contributed by atoms with Crippen LogP contribution in [0, 0.1) is 10.1 Å². The summed E-state index contributed by atoms with van der Waals surface area (Å²) in [5, 5.41) is 15.8. The molecule has 150 valence electrons. The molecule has 0 unspecified atom stereocenters. The number of benzene rings is 3. The number of anilines is 1. The molecular weight excluding hydrogens is 394 g/mol. The van der Waals surface area contributed by atoms with Gasteiger partial charge in [-0.1, -0.05) is 42.5 Å². The smallest absolute Gasteiger partial charge is 0.271 e. The van der Waals surface area contributed by atoms with Crippen molar-refractivity contribution in [2.24, 2.45) is 0 Å². The van der Waals surface area contributed by atoms with Crippen LogP contribution >= 0.6 is 0 Å². The van der Waals surface area contributed by atoms with Gasteiger partial charge in [0.15, 0.2) is 0 Å². The summed E-state index contributed by atoms with van der Waals surface area (Å²) in [6.45, 7) is -0.246. The summed E-state index contributed by atoms with van der Waals surface area (Å²) in [6, 6.07) is 18.8. The molecule has 9 heteroatoms. The van der Waals surface area contributed by atoms with E-state index in [0.29, 0.717) is 0 Å². The highest BCUT2D eigenvalue weighted by atomic mass is 32.2. The van der Waals surface area contributed by atoms with Crippen LogP contribution in [0.1, 0.15) is 5.56 Å². The number of carbonyl (C=O) groups excluding carboxylic acids is 1. The Hall–Kier alpha value is -3.46. The fourth-order valence-electron chi connectivity index (χ4n) is 2.90. The van der Waals surface area contributed by atoms with Crippen LogP contribution in [0.5, 0.6) is 0 Å². The quantitative estimate of drug-likeness (QED) is 0.473. The summed E-state index contributed by atoms with van der Waals surface area (Å²) >= 11 is 0. The average Bonchev–Trinajstić information content (AvgIpc) is 2.69. The lowest BCUT2D eigenvalue weighted by atomic mass is 10.1. The predicted molar refractivity (Wildman–Crippen MR) is 111 cm³/mol. The maximum atomic E-state index is 12.4. The number of nitro groups is 1. The number of nitrogens with one attached hydrogen (secondary N) is 1. The van der Waals surface area contributed by atoms with Gasteiger partial charge in [-0.25, -0.2) is 8.42 Å². The van der Waals surface area contributed by atoms with Crippen LogP contribution in [0.4, 0.5) is 11.4 Å². The number of amides is 1. The fourth-order valence-corrected chi connectivity index (χ4v) is 3.75. The highest BCUT2D eigenvalue weighted by Gasteiger charge is 2.22. The molecule has 0 aliphatic rings. The van der Waals surface area contributed by atoms with Gasteiger partial charge in [0.1, 0.15) is 6.54 Å². The minimum absolute atomic E-state index is 0.0579. The van der Waals surface area contributed by atoms with Crippen molar-refractivity contribution >= 4 is 38.1 Å². The van der Waals surface area contributed by atoms with Gasteiger partial charge < -0.3 is 5.32 Å². The van der Waals surface area contributed by atoms with Crippen molar-refractivity contribution in [1.82, 2.24) is 5.32 Å². The first-order valence-corrected chi connectivity index (χ1v) is 10.6. The Balaban J connectivity index is 1.73. The zero-order valence-electron chi connectivity index (χ0n) is 15.6. The van der Waals surface area contributed by atoms with Crippen LogP contribution in [0.15, 0.2) is 66.7 Å². The lowest BCUT2D eigenvalue weighted by molar-refractivity contribution is -0.384. The summed E-state index contributed by atoms with van der Waals surface area (Å²) < 4.78 is 25.1. The van der Waals surface area contributed by atoms with Crippen LogP contribution in [0.2, 0.25) is 0 Å².